The van der Waals surface area contributed by atoms with E-state index >= 15 is 0 Å². The zero-order chi connectivity index (χ0) is 9.97. The maximum absolute atomic E-state index is 10.8. The monoisotopic (exact) mass is 211 g/mol. The molecule has 0 unspecified atom stereocenters. The number of hydrogen-bond donors (Lipinski definition) is 1. The number of rotatable bonds is 1. The average molecular weight is 211 g/mol. The average Bonchev–Trinajstić information content (AvgIpc) is 2.67. The molecule has 1 aliphatic heterocycles. The number of hydrogen-bond acceptors (Lipinski definition) is 3. The summed E-state index contributed by atoms with van der Waals surface area (Å²) >= 11 is 0.887. The van der Waals surface area contributed by atoms with E-state index in [0.29, 0.717) is 6.61 Å². The number of nitrogens with zero attached hydrogens (tertiary/aromatic N) is 1. The van der Waals surface area contributed by atoms with Crippen molar-refractivity contribution in [2.75, 3.05) is 6.61 Å². The Morgan fingerprint density at radius 2 is 2.21 bits per heavy atom. The SMILES string of the molecule is O=C(O)N1SOC[C@@H]1c1ccccc1. The minimum absolute atomic E-state index is 0.196. The number of carbonyl (C=O) groups is 1. The zero-order valence-electron chi connectivity index (χ0n) is 7.29. The zero-order valence-corrected chi connectivity index (χ0v) is 8.11. The van der Waals surface area contributed by atoms with E-state index in [1.165, 1.54) is 4.31 Å². The molecule has 0 saturated carbocycles. The fraction of sp³-hybridized carbons (Fsp3) is 0.222. The van der Waals surface area contributed by atoms with Gasteiger partial charge < -0.3 is 5.11 Å². The lowest BCUT2D eigenvalue weighted by Gasteiger charge is -2.16. The molecule has 5 heteroatoms. The van der Waals surface area contributed by atoms with Gasteiger partial charge >= 0.3 is 6.09 Å². The Morgan fingerprint density at radius 3 is 2.86 bits per heavy atom. The van der Waals surface area contributed by atoms with Gasteiger partial charge in [-0.3, -0.25) is 4.18 Å². The van der Waals surface area contributed by atoms with E-state index in [1.54, 1.807) is 0 Å². The standard InChI is InChI=1S/C9H9NO3S/c11-9(12)10-8(6-13-14-10)7-4-2-1-3-5-7/h1-5,8H,6H2,(H,11,12)/t8-/m1/s1. The number of benzene rings is 1. The van der Waals surface area contributed by atoms with Crippen LogP contribution in [0.3, 0.4) is 0 Å². The maximum Gasteiger partial charge on any atom is 0.419 e. The van der Waals surface area contributed by atoms with Gasteiger partial charge in [-0.1, -0.05) is 30.3 Å². The molecule has 0 bridgehead atoms. The van der Waals surface area contributed by atoms with E-state index in [-0.39, 0.29) is 6.04 Å². The summed E-state index contributed by atoms with van der Waals surface area (Å²) < 4.78 is 6.26. The third-order valence-corrected chi connectivity index (χ3v) is 2.83. The van der Waals surface area contributed by atoms with E-state index in [1.807, 2.05) is 30.3 Å². The Labute approximate surface area is 85.8 Å². The Balaban J connectivity index is 2.22. The molecule has 0 aromatic heterocycles. The molecule has 1 aliphatic rings. The third-order valence-electron chi connectivity index (χ3n) is 2.01. The first kappa shape index (κ1) is 9.36. The molecule has 1 atom stereocenters. The molecular formula is C9H9NO3S. The van der Waals surface area contributed by atoms with Gasteiger partial charge in [0.1, 0.15) is 12.2 Å². The van der Waals surface area contributed by atoms with Crippen LogP contribution in [0.2, 0.25) is 0 Å². The van der Waals surface area contributed by atoms with Crippen molar-refractivity contribution in [1.29, 1.82) is 0 Å². The maximum atomic E-state index is 10.8. The smallest absolute Gasteiger partial charge is 0.419 e. The molecule has 1 fully saturated rings. The van der Waals surface area contributed by atoms with Crippen molar-refractivity contribution in [2.24, 2.45) is 0 Å². The summed E-state index contributed by atoms with van der Waals surface area (Å²) in [6.07, 6.45) is -0.971. The highest BCUT2D eigenvalue weighted by Crippen LogP contribution is 2.35. The van der Waals surface area contributed by atoms with Gasteiger partial charge in [0.15, 0.2) is 0 Å². The molecule has 2 rings (SSSR count). The molecule has 0 radical (unpaired) electrons. The van der Waals surface area contributed by atoms with Crippen LogP contribution in [0.5, 0.6) is 0 Å². The van der Waals surface area contributed by atoms with Crippen LogP contribution in [-0.4, -0.2) is 22.1 Å². The molecule has 1 amide bonds. The molecule has 14 heavy (non-hydrogen) atoms. The molecule has 0 aliphatic carbocycles. The van der Waals surface area contributed by atoms with Crippen LogP contribution >= 0.6 is 12.2 Å². The minimum Gasteiger partial charge on any atom is -0.464 e. The van der Waals surface area contributed by atoms with Crippen molar-refractivity contribution >= 4 is 18.3 Å². The van der Waals surface area contributed by atoms with Gasteiger partial charge in [-0.2, -0.15) is 0 Å². The lowest BCUT2D eigenvalue weighted by atomic mass is 10.1. The van der Waals surface area contributed by atoms with Crippen LogP contribution in [0, 0.1) is 0 Å². The van der Waals surface area contributed by atoms with Crippen LogP contribution in [0.4, 0.5) is 4.79 Å². The predicted molar refractivity (Wildman–Crippen MR) is 52.6 cm³/mol. The molecule has 1 aromatic carbocycles. The lowest BCUT2D eigenvalue weighted by molar-refractivity contribution is 0.166. The largest absolute Gasteiger partial charge is 0.464 e. The van der Waals surface area contributed by atoms with Gasteiger partial charge in [0.05, 0.1) is 12.6 Å². The highest BCUT2D eigenvalue weighted by Gasteiger charge is 2.32. The van der Waals surface area contributed by atoms with Gasteiger partial charge in [0, 0.05) is 0 Å². The Kier molecular flexibility index (Phi) is 2.60. The first-order valence-corrected chi connectivity index (χ1v) is 4.85. The number of amides is 1. The quantitative estimate of drug-likeness (QED) is 0.572. The summed E-state index contributed by atoms with van der Waals surface area (Å²) in [5.41, 5.74) is 0.958. The fourth-order valence-electron chi connectivity index (χ4n) is 1.34. The second kappa shape index (κ2) is 3.89. The Bertz CT molecular complexity index is 330. The highest BCUT2D eigenvalue weighted by molar-refractivity contribution is 7.93. The molecule has 1 saturated heterocycles. The number of carboxylic acid groups (broad SMARTS) is 1. The summed E-state index contributed by atoms with van der Waals surface area (Å²) in [4.78, 5) is 10.8. The van der Waals surface area contributed by atoms with Crippen molar-refractivity contribution < 1.29 is 14.1 Å². The van der Waals surface area contributed by atoms with Crippen molar-refractivity contribution in [1.82, 2.24) is 4.31 Å². The second-order valence-corrected chi connectivity index (χ2v) is 3.67. The summed E-state index contributed by atoms with van der Waals surface area (Å²) in [7, 11) is 0. The van der Waals surface area contributed by atoms with Crippen LogP contribution in [0.25, 0.3) is 0 Å². The van der Waals surface area contributed by atoms with Crippen molar-refractivity contribution in [3.05, 3.63) is 35.9 Å². The van der Waals surface area contributed by atoms with E-state index in [9.17, 15) is 4.79 Å². The second-order valence-electron chi connectivity index (χ2n) is 2.89. The first-order valence-electron chi connectivity index (χ1n) is 4.16. The Hall–Kier alpha value is -1.20. The third kappa shape index (κ3) is 1.69. The van der Waals surface area contributed by atoms with Gasteiger partial charge in [0.25, 0.3) is 0 Å². The molecule has 1 aromatic rings. The minimum atomic E-state index is -0.971. The Morgan fingerprint density at radius 1 is 1.50 bits per heavy atom. The lowest BCUT2D eigenvalue weighted by Crippen LogP contribution is -2.24. The molecule has 1 N–H and O–H groups in total. The topological polar surface area (TPSA) is 49.8 Å². The summed E-state index contributed by atoms with van der Waals surface area (Å²) in [5.74, 6) is 0. The summed E-state index contributed by atoms with van der Waals surface area (Å²) in [6, 6.07) is 9.28. The van der Waals surface area contributed by atoms with Gasteiger partial charge in [0.2, 0.25) is 0 Å². The van der Waals surface area contributed by atoms with Crippen molar-refractivity contribution in [3.63, 3.8) is 0 Å². The fourth-order valence-corrected chi connectivity index (χ4v) is 2.00. The van der Waals surface area contributed by atoms with Crippen molar-refractivity contribution in [3.8, 4) is 0 Å². The van der Waals surface area contributed by atoms with E-state index in [4.69, 9.17) is 9.29 Å². The van der Waals surface area contributed by atoms with Crippen LogP contribution in [0.1, 0.15) is 11.6 Å². The summed E-state index contributed by atoms with van der Waals surface area (Å²) in [5, 5.41) is 8.87. The predicted octanol–water partition coefficient (Wildman–Crippen LogP) is 2.30. The van der Waals surface area contributed by atoms with E-state index < -0.39 is 6.09 Å². The molecule has 0 spiro atoms. The van der Waals surface area contributed by atoms with Gasteiger partial charge in [-0.15, -0.1) is 0 Å². The van der Waals surface area contributed by atoms with Crippen molar-refractivity contribution in [2.45, 2.75) is 6.04 Å². The van der Waals surface area contributed by atoms with Crippen LogP contribution in [0.15, 0.2) is 30.3 Å². The van der Waals surface area contributed by atoms with Crippen LogP contribution < -0.4 is 0 Å². The van der Waals surface area contributed by atoms with E-state index in [2.05, 4.69) is 0 Å². The van der Waals surface area contributed by atoms with E-state index in [0.717, 1.165) is 17.8 Å². The molecule has 74 valence electrons. The molecular weight excluding hydrogens is 202 g/mol. The first-order chi connectivity index (χ1) is 6.79. The molecule has 4 nitrogen and oxygen atoms in total. The molecule has 1 heterocycles. The normalized spacial score (nSPS) is 21.1. The summed E-state index contributed by atoms with van der Waals surface area (Å²) in [6.45, 7) is 0.404. The van der Waals surface area contributed by atoms with Gasteiger partial charge in [-0.25, -0.2) is 9.10 Å². The van der Waals surface area contributed by atoms with Crippen LogP contribution in [-0.2, 0) is 4.18 Å². The van der Waals surface area contributed by atoms with Gasteiger partial charge in [-0.05, 0) is 5.56 Å². The highest BCUT2D eigenvalue weighted by atomic mass is 32.2.